The molecule has 0 saturated carbocycles. The van der Waals surface area contributed by atoms with Crippen LogP contribution in [0.4, 0.5) is 0 Å². The van der Waals surface area contributed by atoms with E-state index in [1.165, 1.54) is 116 Å². The van der Waals surface area contributed by atoms with Gasteiger partial charge in [0.1, 0.15) is 0 Å². The van der Waals surface area contributed by atoms with Crippen molar-refractivity contribution in [3.63, 3.8) is 0 Å². The van der Waals surface area contributed by atoms with Gasteiger partial charge >= 0.3 is 0 Å². The fourth-order valence-electron chi connectivity index (χ4n) is 12.5. The van der Waals surface area contributed by atoms with Crippen LogP contribution < -0.4 is 0 Å². The second-order valence-corrected chi connectivity index (χ2v) is 18.1. The monoisotopic (exact) mass is 822 g/mol. The fraction of sp³-hybridized carbons (Fsp3) is 0.0317. The zero-order chi connectivity index (χ0) is 42.4. The zero-order valence-electron chi connectivity index (χ0n) is 35.3. The van der Waals surface area contributed by atoms with Crippen molar-refractivity contribution in [3.8, 4) is 50.3 Å². The van der Waals surface area contributed by atoms with Crippen molar-refractivity contribution in [3.05, 3.63) is 263 Å². The molecule has 2 heteroatoms. The summed E-state index contributed by atoms with van der Waals surface area (Å²) in [7, 11) is 0. The van der Waals surface area contributed by atoms with Crippen molar-refractivity contribution in [2.24, 2.45) is 0 Å². The molecule has 0 fully saturated rings. The minimum atomic E-state index is -0.418. The summed E-state index contributed by atoms with van der Waals surface area (Å²) in [5.41, 5.74) is 23.5. The minimum absolute atomic E-state index is 0.0537. The van der Waals surface area contributed by atoms with E-state index in [2.05, 4.69) is 229 Å². The lowest BCUT2D eigenvalue weighted by atomic mass is 9.70. The molecule has 12 aromatic rings. The van der Waals surface area contributed by atoms with Crippen LogP contribution in [0.25, 0.3) is 93.8 Å². The molecule has 3 aliphatic rings. The van der Waals surface area contributed by atoms with E-state index in [-0.39, 0.29) is 5.92 Å². The number of aromatic nitrogens is 2. The summed E-state index contributed by atoms with van der Waals surface area (Å²) in [6.45, 7) is 0. The van der Waals surface area contributed by atoms with Crippen LogP contribution in [0.3, 0.4) is 0 Å². The molecule has 0 N–H and O–H groups in total. The summed E-state index contributed by atoms with van der Waals surface area (Å²) in [5.74, 6) is 0.0537. The van der Waals surface area contributed by atoms with E-state index in [9.17, 15) is 0 Å². The van der Waals surface area contributed by atoms with Gasteiger partial charge in [-0.05, 0) is 132 Å². The van der Waals surface area contributed by atoms with Crippen molar-refractivity contribution >= 4 is 43.5 Å². The molecule has 15 rings (SSSR count). The van der Waals surface area contributed by atoms with Crippen LogP contribution in [-0.2, 0) is 5.41 Å². The predicted octanol–water partition coefficient (Wildman–Crippen LogP) is 15.7. The Labute approximate surface area is 376 Å². The molecule has 1 unspecified atom stereocenters. The van der Waals surface area contributed by atoms with Gasteiger partial charge in [-0.1, -0.05) is 170 Å². The maximum Gasteiger partial charge on any atom is 0.0788 e. The van der Waals surface area contributed by atoms with Crippen LogP contribution in [0.1, 0.15) is 44.9 Å². The molecule has 2 aromatic heterocycles. The first-order valence-electron chi connectivity index (χ1n) is 22.7. The van der Waals surface area contributed by atoms with E-state index in [4.69, 9.17) is 4.98 Å². The van der Waals surface area contributed by atoms with Crippen molar-refractivity contribution in [2.75, 3.05) is 0 Å². The summed E-state index contributed by atoms with van der Waals surface area (Å²) < 4.78 is 2.44. The largest absolute Gasteiger partial charge is 0.309 e. The lowest BCUT2D eigenvalue weighted by Gasteiger charge is -2.30. The smallest absolute Gasteiger partial charge is 0.0788 e. The van der Waals surface area contributed by atoms with Crippen LogP contribution in [0.15, 0.2) is 224 Å². The molecule has 300 valence electrons. The van der Waals surface area contributed by atoms with Gasteiger partial charge in [-0.2, -0.15) is 0 Å². The Bertz CT molecular complexity index is 3980. The van der Waals surface area contributed by atoms with Gasteiger partial charge in [0.05, 0.1) is 27.7 Å². The Kier molecular flexibility index (Phi) is 6.97. The summed E-state index contributed by atoms with van der Waals surface area (Å²) >= 11 is 0. The Balaban J connectivity index is 0.971. The number of fused-ring (bicyclic) bond motifs is 19. The van der Waals surface area contributed by atoms with Gasteiger partial charge in [0.25, 0.3) is 0 Å². The second-order valence-electron chi connectivity index (χ2n) is 18.1. The summed E-state index contributed by atoms with van der Waals surface area (Å²) in [6, 6.07) is 83.8. The average molecular weight is 823 g/mol. The summed E-state index contributed by atoms with van der Waals surface area (Å²) in [5, 5.41) is 6.13. The van der Waals surface area contributed by atoms with E-state index in [1.807, 2.05) is 0 Å². The SMILES string of the molecule is c1ccc(-n2c3ccccc3c3cc4c(cc32)C(c2cccc(-c3nc5ccccc5c5cc6c(cc35)-c3ccccc3C63c5ccccc5-c5ccccc53)c2)c2ccccc2-4)cc1. The number of benzene rings is 10. The Morgan fingerprint density at radius 1 is 0.354 bits per heavy atom. The van der Waals surface area contributed by atoms with Crippen LogP contribution in [0, 0.1) is 0 Å². The lowest BCUT2D eigenvalue weighted by molar-refractivity contribution is 0.795. The summed E-state index contributed by atoms with van der Waals surface area (Å²) in [6.07, 6.45) is 0. The minimum Gasteiger partial charge on any atom is -0.309 e. The highest BCUT2D eigenvalue weighted by Crippen LogP contribution is 2.63. The lowest BCUT2D eigenvalue weighted by Crippen LogP contribution is -2.25. The molecule has 0 radical (unpaired) electrons. The van der Waals surface area contributed by atoms with E-state index < -0.39 is 5.41 Å². The Morgan fingerprint density at radius 3 is 1.74 bits per heavy atom. The molecule has 0 aliphatic heterocycles. The van der Waals surface area contributed by atoms with Crippen LogP contribution in [0.2, 0.25) is 0 Å². The molecule has 0 bridgehead atoms. The number of nitrogens with zero attached hydrogens (tertiary/aromatic N) is 2. The predicted molar refractivity (Wildman–Crippen MR) is 268 cm³/mol. The van der Waals surface area contributed by atoms with Gasteiger partial charge < -0.3 is 4.57 Å². The number of pyridine rings is 1. The average Bonchev–Trinajstić information content (AvgIpc) is 4.07. The normalized spacial score (nSPS) is 14.7. The highest BCUT2D eigenvalue weighted by atomic mass is 15.0. The number of para-hydroxylation sites is 3. The van der Waals surface area contributed by atoms with Gasteiger partial charge in [-0.25, -0.2) is 4.98 Å². The third kappa shape index (κ3) is 4.55. The van der Waals surface area contributed by atoms with E-state index in [1.54, 1.807) is 0 Å². The van der Waals surface area contributed by atoms with Crippen LogP contribution in [-0.4, -0.2) is 9.55 Å². The standard InChI is InChI=1S/C63H38N2/c1-2-19-40(20-3-1)65-59-32-15-10-26-46(59)51-34-48-41-21-4-5-27-47(41)61(52(48)37-60(51)65)38-17-16-18-39(33-38)62-53-35-50-44-24-8-13-30-56(44)63(57(50)36-49(53)45-25-9-14-31-58(45)64-62)54-28-11-6-22-42(54)43-23-7-12-29-55(43)63/h1-37,61H. The molecular formula is C63H38N2. The van der Waals surface area contributed by atoms with Crippen molar-refractivity contribution in [1.29, 1.82) is 0 Å². The molecule has 0 saturated heterocycles. The van der Waals surface area contributed by atoms with E-state index in [0.29, 0.717) is 0 Å². The molecule has 10 aromatic carbocycles. The number of hydrogen-bond donors (Lipinski definition) is 0. The number of hydrogen-bond acceptors (Lipinski definition) is 1. The van der Waals surface area contributed by atoms with Crippen molar-refractivity contribution in [1.82, 2.24) is 9.55 Å². The number of rotatable bonds is 3. The molecule has 2 heterocycles. The van der Waals surface area contributed by atoms with Gasteiger partial charge in [0, 0.05) is 38.7 Å². The molecule has 2 nitrogen and oxygen atoms in total. The highest BCUT2D eigenvalue weighted by Gasteiger charge is 2.51. The van der Waals surface area contributed by atoms with E-state index in [0.717, 1.165) is 16.8 Å². The second kappa shape index (κ2) is 12.9. The first kappa shape index (κ1) is 35.2. The molecule has 65 heavy (non-hydrogen) atoms. The topological polar surface area (TPSA) is 17.8 Å². The molecular weight excluding hydrogens is 785 g/mol. The van der Waals surface area contributed by atoms with Crippen molar-refractivity contribution < 1.29 is 0 Å². The van der Waals surface area contributed by atoms with Gasteiger partial charge in [0.2, 0.25) is 0 Å². The first-order chi connectivity index (χ1) is 32.3. The van der Waals surface area contributed by atoms with Gasteiger partial charge in [-0.15, -0.1) is 0 Å². The van der Waals surface area contributed by atoms with Crippen molar-refractivity contribution in [2.45, 2.75) is 11.3 Å². The Morgan fingerprint density at radius 2 is 0.969 bits per heavy atom. The maximum atomic E-state index is 5.58. The zero-order valence-corrected chi connectivity index (χ0v) is 35.3. The highest BCUT2D eigenvalue weighted by molar-refractivity contribution is 6.15. The van der Waals surface area contributed by atoms with E-state index >= 15 is 0 Å². The quantitative estimate of drug-likeness (QED) is 0.162. The van der Waals surface area contributed by atoms with Crippen LogP contribution in [0.5, 0.6) is 0 Å². The molecule has 1 spiro atoms. The Hall–Kier alpha value is -8.33. The fourth-order valence-corrected chi connectivity index (χ4v) is 12.5. The molecule has 1 atom stereocenters. The first-order valence-corrected chi connectivity index (χ1v) is 22.7. The third-order valence-corrected chi connectivity index (χ3v) is 15.0. The maximum absolute atomic E-state index is 5.58. The molecule has 3 aliphatic carbocycles. The van der Waals surface area contributed by atoms with Gasteiger partial charge in [0.15, 0.2) is 0 Å². The van der Waals surface area contributed by atoms with Gasteiger partial charge in [-0.3, -0.25) is 0 Å². The molecule has 0 amide bonds. The third-order valence-electron chi connectivity index (χ3n) is 15.0. The summed E-state index contributed by atoms with van der Waals surface area (Å²) in [4.78, 5) is 5.58. The van der Waals surface area contributed by atoms with Crippen LogP contribution >= 0.6 is 0 Å².